The Morgan fingerprint density at radius 1 is 0.972 bits per heavy atom. The van der Waals surface area contributed by atoms with Gasteiger partial charge in [0.15, 0.2) is 5.11 Å². The molecule has 0 spiro atoms. The van der Waals surface area contributed by atoms with Crippen LogP contribution in [-0.4, -0.2) is 33.9 Å². The van der Waals surface area contributed by atoms with Gasteiger partial charge in [-0.3, -0.25) is 9.97 Å². The van der Waals surface area contributed by atoms with Gasteiger partial charge in [-0.25, -0.2) is 0 Å². The number of ether oxygens (including phenoxy) is 2. The molecule has 3 aromatic heterocycles. The van der Waals surface area contributed by atoms with E-state index in [-0.39, 0.29) is 12.1 Å². The monoisotopic (exact) mass is 499 g/mol. The van der Waals surface area contributed by atoms with Crippen LogP contribution < -0.4 is 19.7 Å². The number of hydrogen-bond donors (Lipinski definition) is 1. The van der Waals surface area contributed by atoms with Gasteiger partial charge in [0.1, 0.15) is 11.5 Å². The zero-order chi connectivity index (χ0) is 25.2. The van der Waals surface area contributed by atoms with Gasteiger partial charge in [0, 0.05) is 42.6 Å². The Hall–Kier alpha value is -3.91. The molecule has 4 aromatic rings. The summed E-state index contributed by atoms with van der Waals surface area (Å²) in [5.41, 5.74) is 6.49. The molecule has 2 atom stereocenters. The minimum absolute atomic E-state index is 0.147. The molecule has 0 saturated carbocycles. The van der Waals surface area contributed by atoms with Crippen LogP contribution in [0, 0.1) is 13.8 Å². The van der Waals surface area contributed by atoms with Crippen LogP contribution in [0.3, 0.4) is 0 Å². The minimum Gasteiger partial charge on any atom is -0.497 e. The van der Waals surface area contributed by atoms with Crippen molar-refractivity contribution in [3.05, 3.63) is 101 Å². The molecule has 1 aromatic carbocycles. The summed E-state index contributed by atoms with van der Waals surface area (Å²) in [6.07, 6.45) is 5.48. The summed E-state index contributed by atoms with van der Waals surface area (Å²) in [5.74, 6) is 1.45. The fourth-order valence-electron chi connectivity index (χ4n) is 4.96. The minimum atomic E-state index is -0.149. The highest BCUT2D eigenvalue weighted by atomic mass is 32.1. The van der Waals surface area contributed by atoms with Gasteiger partial charge >= 0.3 is 0 Å². The van der Waals surface area contributed by atoms with Crippen LogP contribution in [0.4, 0.5) is 5.69 Å². The second-order valence-electron chi connectivity index (χ2n) is 8.80. The average molecular weight is 500 g/mol. The molecule has 1 aliphatic rings. The number of rotatable bonds is 7. The van der Waals surface area contributed by atoms with Crippen molar-refractivity contribution in [2.45, 2.75) is 32.5 Å². The van der Waals surface area contributed by atoms with E-state index in [0.717, 1.165) is 29.4 Å². The number of pyridine rings is 2. The van der Waals surface area contributed by atoms with Crippen LogP contribution in [0.15, 0.2) is 73.2 Å². The first kappa shape index (κ1) is 23.8. The van der Waals surface area contributed by atoms with Crippen LogP contribution in [0.1, 0.15) is 40.3 Å². The molecule has 5 rings (SSSR count). The highest BCUT2D eigenvalue weighted by molar-refractivity contribution is 7.80. The summed E-state index contributed by atoms with van der Waals surface area (Å²) >= 11 is 5.93. The molecule has 0 unspecified atom stereocenters. The van der Waals surface area contributed by atoms with E-state index in [1.54, 1.807) is 14.2 Å². The molecule has 184 valence electrons. The molecule has 4 heterocycles. The van der Waals surface area contributed by atoms with Crippen molar-refractivity contribution in [2.75, 3.05) is 19.1 Å². The van der Waals surface area contributed by atoms with Gasteiger partial charge in [0.25, 0.3) is 0 Å². The molecule has 0 amide bonds. The maximum absolute atomic E-state index is 5.93. The van der Waals surface area contributed by atoms with E-state index in [0.29, 0.717) is 5.11 Å². The van der Waals surface area contributed by atoms with Crippen LogP contribution in [-0.2, 0) is 6.54 Å². The summed E-state index contributed by atoms with van der Waals surface area (Å²) in [5, 5.41) is 4.15. The highest BCUT2D eigenvalue weighted by Gasteiger charge is 2.43. The number of aromatic nitrogens is 3. The van der Waals surface area contributed by atoms with Crippen molar-refractivity contribution in [2.24, 2.45) is 0 Å². The Labute approximate surface area is 216 Å². The number of anilines is 1. The lowest BCUT2D eigenvalue weighted by atomic mass is 9.96. The summed E-state index contributed by atoms with van der Waals surface area (Å²) in [4.78, 5) is 11.0. The van der Waals surface area contributed by atoms with Crippen molar-refractivity contribution in [3.8, 4) is 11.5 Å². The molecule has 0 radical (unpaired) electrons. The summed E-state index contributed by atoms with van der Waals surface area (Å²) in [7, 11) is 3.33. The normalized spacial score (nSPS) is 17.2. The average Bonchev–Trinajstić information content (AvgIpc) is 3.40. The van der Waals surface area contributed by atoms with Crippen LogP contribution in [0.25, 0.3) is 0 Å². The fourth-order valence-corrected chi connectivity index (χ4v) is 5.30. The molecule has 1 fully saturated rings. The Kier molecular flexibility index (Phi) is 6.61. The van der Waals surface area contributed by atoms with Gasteiger partial charge in [0.2, 0.25) is 0 Å². The maximum Gasteiger partial charge on any atom is 0.174 e. The van der Waals surface area contributed by atoms with Gasteiger partial charge in [-0.1, -0.05) is 6.07 Å². The summed E-state index contributed by atoms with van der Waals surface area (Å²) in [6.45, 7) is 5.08. The van der Waals surface area contributed by atoms with Crippen LogP contribution in [0.5, 0.6) is 11.5 Å². The Morgan fingerprint density at radius 2 is 1.78 bits per heavy atom. The molecule has 1 aliphatic heterocycles. The number of methoxy groups -OCH3 is 2. The second-order valence-corrected chi connectivity index (χ2v) is 9.19. The van der Waals surface area contributed by atoms with Gasteiger partial charge in [0.05, 0.1) is 37.7 Å². The smallest absolute Gasteiger partial charge is 0.174 e. The first-order valence-electron chi connectivity index (χ1n) is 11.8. The van der Waals surface area contributed by atoms with E-state index >= 15 is 0 Å². The maximum atomic E-state index is 5.93. The third-order valence-electron chi connectivity index (χ3n) is 6.77. The molecular weight excluding hydrogens is 470 g/mol. The number of hydrogen-bond acceptors (Lipinski definition) is 5. The lowest BCUT2D eigenvalue weighted by molar-refractivity contribution is 0.403. The zero-order valence-corrected chi connectivity index (χ0v) is 21.6. The van der Waals surface area contributed by atoms with Gasteiger partial charge < -0.3 is 24.3 Å². The topological polar surface area (TPSA) is 64.4 Å². The molecule has 0 aliphatic carbocycles. The number of nitrogens with zero attached hydrogens (tertiary/aromatic N) is 4. The molecular formula is C28H29N5O2S. The molecule has 7 nitrogen and oxygen atoms in total. The van der Waals surface area contributed by atoms with E-state index < -0.39 is 0 Å². The zero-order valence-electron chi connectivity index (χ0n) is 20.8. The van der Waals surface area contributed by atoms with Crippen LogP contribution >= 0.6 is 12.2 Å². The van der Waals surface area contributed by atoms with Gasteiger partial charge in [-0.05, 0) is 79.7 Å². The Bertz CT molecular complexity index is 1370. The SMILES string of the molecule is COc1ccc(OC)c(N2C(=S)N[C@H](c3ccccn3)[C@@H]2c2cc(C)n(Cc3ccncc3)c2C)c1. The van der Waals surface area contributed by atoms with E-state index in [2.05, 4.69) is 56.8 Å². The Morgan fingerprint density at radius 3 is 2.47 bits per heavy atom. The molecule has 36 heavy (non-hydrogen) atoms. The first-order chi connectivity index (χ1) is 17.5. The predicted molar refractivity (Wildman–Crippen MR) is 145 cm³/mol. The summed E-state index contributed by atoms with van der Waals surface area (Å²) in [6, 6.07) is 17.8. The number of thiocarbonyl (C=S) groups is 1. The van der Waals surface area contributed by atoms with E-state index in [4.69, 9.17) is 21.7 Å². The fraction of sp³-hybridized carbons (Fsp3) is 0.250. The third kappa shape index (κ3) is 4.28. The second kappa shape index (κ2) is 9.99. The number of aryl methyl sites for hydroxylation is 1. The predicted octanol–water partition coefficient (Wildman–Crippen LogP) is 5.14. The van der Waals surface area contributed by atoms with Crippen molar-refractivity contribution < 1.29 is 9.47 Å². The van der Waals surface area contributed by atoms with Gasteiger partial charge in [-0.2, -0.15) is 0 Å². The van der Waals surface area contributed by atoms with E-state index in [1.165, 1.54) is 22.5 Å². The molecule has 1 saturated heterocycles. The Balaban J connectivity index is 1.66. The lowest BCUT2D eigenvalue weighted by Gasteiger charge is -2.29. The largest absolute Gasteiger partial charge is 0.497 e. The van der Waals surface area contributed by atoms with Crippen molar-refractivity contribution >= 4 is 23.0 Å². The third-order valence-corrected chi connectivity index (χ3v) is 7.08. The van der Waals surface area contributed by atoms with Crippen molar-refractivity contribution in [1.82, 2.24) is 19.9 Å². The molecule has 0 bridgehead atoms. The van der Waals surface area contributed by atoms with Crippen molar-refractivity contribution in [1.29, 1.82) is 0 Å². The summed E-state index contributed by atoms with van der Waals surface area (Å²) < 4.78 is 13.6. The molecule has 8 heteroatoms. The highest BCUT2D eigenvalue weighted by Crippen LogP contribution is 2.46. The number of nitrogens with one attached hydrogen (secondary N) is 1. The quantitative estimate of drug-likeness (QED) is 0.353. The lowest BCUT2D eigenvalue weighted by Crippen LogP contribution is -2.30. The number of benzene rings is 1. The van der Waals surface area contributed by atoms with E-state index in [9.17, 15) is 0 Å². The molecule has 1 N–H and O–H groups in total. The standard InChI is InChI=1S/C28H29N5O2S/c1-18-15-22(19(2)32(18)17-20-10-13-29-14-11-20)27-26(23-7-5-6-12-30-23)31-28(36)33(27)24-16-21(34-3)8-9-25(24)35-4/h5-16,26-27H,17H2,1-4H3,(H,31,36)/t26-,27+/m1/s1. The van der Waals surface area contributed by atoms with Crippen molar-refractivity contribution in [3.63, 3.8) is 0 Å². The van der Waals surface area contributed by atoms with Gasteiger partial charge in [-0.15, -0.1) is 0 Å². The van der Waals surface area contributed by atoms with Crippen LogP contribution in [0.2, 0.25) is 0 Å². The first-order valence-corrected chi connectivity index (χ1v) is 12.2. The van der Waals surface area contributed by atoms with E-state index in [1.807, 2.05) is 55.0 Å².